The molecule has 0 spiro atoms. The molecule has 61 heavy (non-hydrogen) atoms. The zero-order valence-corrected chi connectivity index (χ0v) is 32.7. The van der Waals surface area contributed by atoms with Gasteiger partial charge in [0.05, 0.1) is 17.1 Å². The minimum Gasteiger partial charge on any atom is -0.455 e. The third-order valence-corrected chi connectivity index (χ3v) is 12.2. The summed E-state index contributed by atoms with van der Waals surface area (Å²) in [5.74, 6) is 0. The third-order valence-electron chi connectivity index (χ3n) is 12.2. The number of hydrogen-bond donors (Lipinski definition) is 0. The van der Waals surface area contributed by atoms with Crippen LogP contribution in [0.5, 0.6) is 0 Å². The van der Waals surface area contributed by atoms with Gasteiger partial charge in [0.1, 0.15) is 22.3 Å². The number of hydrogen-bond acceptors (Lipinski definition) is 5. The molecular formula is C56H34N2O3. The van der Waals surface area contributed by atoms with Crippen LogP contribution in [0.1, 0.15) is 0 Å². The molecule has 10 aromatic carbocycles. The highest BCUT2D eigenvalue weighted by atomic mass is 16.3. The van der Waals surface area contributed by atoms with Crippen molar-refractivity contribution >= 4 is 121 Å². The summed E-state index contributed by atoms with van der Waals surface area (Å²) in [7, 11) is 0. The topological polar surface area (TPSA) is 45.9 Å². The normalized spacial score (nSPS) is 11.9. The average molecular weight is 783 g/mol. The first kappa shape index (κ1) is 33.7. The van der Waals surface area contributed by atoms with E-state index < -0.39 is 0 Å². The molecule has 3 aromatic heterocycles. The molecule has 0 aliphatic heterocycles. The van der Waals surface area contributed by atoms with Crippen LogP contribution >= 0.6 is 0 Å². The van der Waals surface area contributed by atoms with E-state index in [0.29, 0.717) is 0 Å². The van der Waals surface area contributed by atoms with Crippen molar-refractivity contribution in [3.63, 3.8) is 0 Å². The summed E-state index contributed by atoms with van der Waals surface area (Å²) < 4.78 is 20.2. The third kappa shape index (κ3) is 5.08. The molecular weight excluding hydrogens is 749 g/mol. The Labute approximate surface area is 349 Å². The van der Waals surface area contributed by atoms with Gasteiger partial charge in [-0.3, -0.25) is 0 Å². The standard InChI is InChI=1S/C56H34N2O3/c1-3-15-35(16-4-1)57(48-25-13-23-43-40-20-9-11-27-50(40)59-54(43)48)37-29-31-45-47(33-37)39-19-7-8-22-42(39)53-46-32-30-38(34-52(46)61-56(45)53)58(36-17-5-2-6-18-36)49-26-14-24-44-41-21-10-12-28-51(41)60-55(44)49/h1-34H. The van der Waals surface area contributed by atoms with Crippen molar-refractivity contribution in [3.8, 4) is 0 Å². The monoisotopic (exact) mass is 782 g/mol. The molecule has 0 radical (unpaired) electrons. The lowest BCUT2D eigenvalue weighted by molar-refractivity contribution is 0.668. The molecule has 0 N–H and O–H groups in total. The van der Waals surface area contributed by atoms with Crippen LogP contribution in [-0.4, -0.2) is 0 Å². The summed E-state index contributed by atoms with van der Waals surface area (Å²) in [6.45, 7) is 0. The van der Waals surface area contributed by atoms with E-state index in [1.165, 1.54) is 0 Å². The largest absolute Gasteiger partial charge is 0.455 e. The van der Waals surface area contributed by atoms with E-state index in [0.717, 1.165) is 121 Å². The summed E-state index contributed by atoms with van der Waals surface area (Å²) >= 11 is 0. The quantitative estimate of drug-likeness (QED) is 0.157. The highest BCUT2D eigenvalue weighted by molar-refractivity contribution is 6.30. The Morgan fingerprint density at radius 3 is 1.28 bits per heavy atom. The van der Waals surface area contributed by atoms with Crippen LogP contribution in [0, 0.1) is 0 Å². The zero-order chi connectivity index (χ0) is 40.0. The molecule has 0 aliphatic carbocycles. The Kier molecular flexibility index (Phi) is 7.24. The minimum absolute atomic E-state index is 0.814. The van der Waals surface area contributed by atoms with Crippen molar-refractivity contribution < 1.29 is 13.3 Å². The van der Waals surface area contributed by atoms with Crippen molar-refractivity contribution in [1.29, 1.82) is 0 Å². The molecule has 0 amide bonds. The van der Waals surface area contributed by atoms with Gasteiger partial charge >= 0.3 is 0 Å². The van der Waals surface area contributed by atoms with Crippen LogP contribution in [0.15, 0.2) is 220 Å². The summed E-state index contributed by atoms with van der Waals surface area (Å²) in [5.41, 5.74) is 11.1. The van der Waals surface area contributed by atoms with Crippen LogP contribution in [0.2, 0.25) is 0 Å². The fourth-order valence-electron chi connectivity index (χ4n) is 9.53. The van der Waals surface area contributed by atoms with Gasteiger partial charge in [-0.1, -0.05) is 121 Å². The number of rotatable bonds is 6. The number of furan rings is 3. The second-order valence-corrected chi connectivity index (χ2v) is 15.6. The highest BCUT2D eigenvalue weighted by Crippen LogP contribution is 2.48. The van der Waals surface area contributed by atoms with Crippen molar-refractivity contribution in [2.24, 2.45) is 0 Å². The Morgan fingerprint density at radius 2 is 0.689 bits per heavy atom. The van der Waals surface area contributed by atoms with Crippen LogP contribution in [-0.2, 0) is 0 Å². The second kappa shape index (κ2) is 13.1. The summed E-state index contributed by atoms with van der Waals surface area (Å²) in [6.07, 6.45) is 0. The molecule has 3 heterocycles. The maximum atomic E-state index is 7.05. The molecule has 286 valence electrons. The molecule has 0 aliphatic rings. The summed E-state index contributed by atoms with van der Waals surface area (Å²) in [4.78, 5) is 4.56. The first-order chi connectivity index (χ1) is 30.3. The minimum atomic E-state index is 0.814. The number of benzene rings is 10. The average Bonchev–Trinajstić information content (AvgIpc) is 4.02. The van der Waals surface area contributed by atoms with Crippen molar-refractivity contribution in [3.05, 3.63) is 206 Å². The van der Waals surface area contributed by atoms with E-state index in [9.17, 15) is 0 Å². The Hall–Kier alpha value is -8.28. The Bertz CT molecular complexity index is 3840. The van der Waals surface area contributed by atoms with E-state index in [1.54, 1.807) is 0 Å². The molecule has 13 aromatic rings. The second-order valence-electron chi connectivity index (χ2n) is 15.6. The van der Waals surface area contributed by atoms with E-state index in [1.807, 2.05) is 30.3 Å². The maximum absolute atomic E-state index is 7.05. The molecule has 0 unspecified atom stereocenters. The lowest BCUT2D eigenvalue weighted by Gasteiger charge is -2.26. The number of nitrogens with zero attached hydrogens (tertiary/aromatic N) is 2. The molecule has 5 nitrogen and oxygen atoms in total. The van der Waals surface area contributed by atoms with Gasteiger partial charge < -0.3 is 23.1 Å². The molecule has 5 heteroatoms. The predicted molar refractivity (Wildman–Crippen MR) is 253 cm³/mol. The van der Waals surface area contributed by atoms with E-state index >= 15 is 0 Å². The van der Waals surface area contributed by atoms with Gasteiger partial charge in [-0.25, -0.2) is 0 Å². The molecule has 13 rings (SSSR count). The van der Waals surface area contributed by atoms with Gasteiger partial charge in [-0.2, -0.15) is 0 Å². The van der Waals surface area contributed by atoms with Crippen molar-refractivity contribution in [1.82, 2.24) is 0 Å². The van der Waals surface area contributed by atoms with Gasteiger partial charge in [0.15, 0.2) is 11.2 Å². The van der Waals surface area contributed by atoms with Crippen LogP contribution < -0.4 is 9.80 Å². The van der Waals surface area contributed by atoms with E-state index in [4.69, 9.17) is 13.3 Å². The van der Waals surface area contributed by atoms with Gasteiger partial charge in [0.25, 0.3) is 0 Å². The van der Waals surface area contributed by atoms with E-state index in [-0.39, 0.29) is 0 Å². The number of fused-ring (bicyclic) bond motifs is 14. The van der Waals surface area contributed by atoms with Crippen molar-refractivity contribution in [2.45, 2.75) is 0 Å². The molecule has 0 fully saturated rings. The zero-order valence-electron chi connectivity index (χ0n) is 32.7. The predicted octanol–water partition coefficient (Wildman–Crippen LogP) is 16.6. The lowest BCUT2D eigenvalue weighted by atomic mass is 9.96. The van der Waals surface area contributed by atoms with Crippen molar-refractivity contribution in [2.75, 3.05) is 9.80 Å². The first-order valence-corrected chi connectivity index (χ1v) is 20.6. The van der Waals surface area contributed by atoms with E-state index in [2.05, 4.69) is 186 Å². The summed E-state index contributed by atoms with van der Waals surface area (Å²) in [5, 5.41) is 11.0. The Balaban J connectivity index is 1.02. The van der Waals surface area contributed by atoms with Crippen LogP contribution in [0.25, 0.3) is 87.4 Å². The molecule has 0 bridgehead atoms. The maximum Gasteiger partial charge on any atom is 0.159 e. The first-order valence-electron chi connectivity index (χ1n) is 20.6. The SMILES string of the molecule is c1ccc(N(c2ccc3c(c2)oc2c4ccc(N(c5ccccc5)c5cccc6c5oc5ccccc56)cc4c4ccccc4c32)c2cccc3c2oc2ccccc23)cc1. The van der Waals surface area contributed by atoms with Crippen LogP contribution in [0.3, 0.4) is 0 Å². The van der Waals surface area contributed by atoms with Gasteiger partial charge in [0, 0.05) is 60.8 Å². The summed E-state index contributed by atoms with van der Waals surface area (Å²) in [6, 6.07) is 72.2. The van der Waals surface area contributed by atoms with Gasteiger partial charge in [-0.05, 0) is 95.0 Å². The Morgan fingerprint density at radius 1 is 0.246 bits per heavy atom. The highest BCUT2D eigenvalue weighted by Gasteiger charge is 2.24. The molecule has 0 atom stereocenters. The lowest BCUT2D eigenvalue weighted by Crippen LogP contribution is -2.10. The smallest absolute Gasteiger partial charge is 0.159 e. The van der Waals surface area contributed by atoms with Gasteiger partial charge in [0.2, 0.25) is 0 Å². The number of para-hydroxylation sites is 6. The molecule has 0 saturated heterocycles. The fraction of sp³-hybridized carbons (Fsp3) is 0. The van der Waals surface area contributed by atoms with Crippen LogP contribution in [0.4, 0.5) is 34.1 Å². The fourth-order valence-corrected chi connectivity index (χ4v) is 9.53. The molecule has 0 saturated carbocycles. The number of anilines is 6. The van der Waals surface area contributed by atoms with Gasteiger partial charge in [-0.15, -0.1) is 0 Å².